The minimum atomic E-state index is -0.428. The second-order valence-corrected chi connectivity index (χ2v) is 5.82. The fraction of sp³-hybridized carbons (Fsp3) is 0.562. The van der Waals surface area contributed by atoms with Gasteiger partial charge in [0.25, 0.3) is 5.91 Å². The molecule has 0 spiro atoms. The molecule has 1 unspecified atom stereocenters. The molecule has 1 aliphatic heterocycles. The van der Waals surface area contributed by atoms with Crippen molar-refractivity contribution in [3.05, 3.63) is 34.9 Å². The number of fused-ring (bicyclic) bond motifs is 1. The standard InChI is InChI=1S/C16H21NO2/c18-15(9-11-3-1-2-4-11)13-6-5-12-7-8-17-16(19)14(12)10-13/h5-6,10-11,15,18H,1-4,7-9H2,(H,17,19). The van der Waals surface area contributed by atoms with E-state index in [9.17, 15) is 9.90 Å². The number of hydrogen-bond acceptors (Lipinski definition) is 2. The molecule has 1 atom stereocenters. The Balaban J connectivity index is 1.76. The van der Waals surface area contributed by atoms with Crippen molar-refractivity contribution in [1.82, 2.24) is 5.32 Å². The van der Waals surface area contributed by atoms with Crippen LogP contribution in [-0.4, -0.2) is 17.6 Å². The van der Waals surface area contributed by atoms with E-state index in [0.29, 0.717) is 5.92 Å². The predicted molar refractivity (Wildman–Crippen MR) is 74.0 cm³/mol. The minimum absolute atomic E-state index is 0.00355. The molecule has 0 aromatic heterocycles. The van der Waals surface area contributed by atoms with E-state index in [4.69, 9.17) is 0 Å². The van der Waals surface area contributed by atoms with Crippen LogP contribution in [0.15, 0.2) is 18.2 Å². The number of hydrogen-bond donors (Lipinski definition) is 2. The molecule has 1 amide bonds. The van der Waals surface area contributed by atoms with Gasteiger partial charge in [-0.3, -0.25) is 4.79 Å². The Bertz CT molecular complexity index is 478. The quantitative estimate of drug-likeness (QED) is 0.876. The number of carbonyl (C=O) groups is 1. The van der Waals surface area contributed by atoms with Crippen molar-refractivity contribution < 1.29 is 9.90 Å². The second-order valence-electron chi connectivity index (χ2n) is 5.82. The van der Waals surface area contributed by atoms with Gasteiger partial charge in [-0.2, -0.15) is 0 Å². The molecule has 0 saturated heterocycles. The molecule has 19 heavy (non-hydrogen) atoms. The number of amides is 1. The van der Waals surface area contributed by atoms with E-state index in [1.807, 2.05) is 18.2 Å². The Kier molecular flexibility index (Phi) is 3.56. The summed E-state index contributed by atoms with van der Waals surface area (Å²) in [5.74, 6) is 0.649. The summed E-state index contributed by atoms with van der Waals surface area (Å²) in [7, 11) is 0. The molecule has 0 radical (unpaired) electrons. The zero-order valence-corrected chi connectivity index (χ0v) is 11.2. The highest BCUT2D eigenvalue weighted by Gasteiger charge is 2.22. The van der Waals surface area contributed by atoms with Gasteiger partial charge in [-0.15, -0.1) is 0 Å². The lowest BCUT2D eigenvalue weighted by atomic mass is 9.92. The monoisotopic (exact) mass is 259 g/mol. The maximum Gasteiger partial charge on any atom is 0.251 e. The highest BCUT2D eigenvalue weighted by molar-refractivity contribution is 5.96. The molecule has 2 N–H and O–H groups in total. The summed E-state index contributed by atoms with van der Waals surface area (Å²) in [6, 6.07) is 5.86. The smallest absolute Gasteiger partial charge is 0.251 e. The highest BCUT2D eigenvalue weighted by atomic mass is 16.3. The van der Waals surface area contributed by atoms with Gasteiger partial charge in [0.1, 0.15) is 0 Å². The van der Waals surface area contributed by atoms with Crippen LogP contribution in [0.25, 0.3) is 0 Å². The Hall–Kier alpha value is -1.35. The summed E-state index contributed by atoms with van der Waals surface area (Å²) in [5.41, 5.74) is 2.73. The summed E-state index contributed by atoms with van der Waals surface area (Å²) in [6.45, 7) is 0.718. The fourth-order valence-electron chi connectivity index (χ4n) is 3.33. The van der Waals surface area contributed by atoms with E-state index in [-0.39, 0.29) is 5.91 Å². The largest absolute Gasteiger partial charge is 0.388 e. The van der Waals surface area contributed by atoms with Crippen molar-refractivity contribution >= 4 is 5.91 Å². The molecule has 0 bridgehead atoms. The first kappa shape index (κ1) is 12.7. The summed E-state index contributed by atoms with van der Waals surface area (Å²) in [4.78, 5) is 11.8. The third kappa shape index (κ3) is 2.66. The summed E-state index contributed by atoms with van der Waals surface area (Å²) >= 11 is 0. The summed E-state index contributed by atoms with van der Waals surface area (Å²) < 4.78 is 0. The van der Waals surface area contributed by atoms with Crippen LogP contribution < -0.4 is 5.32 Å². The highest BCUT2D eigenvalue weighted by Crippen LogP contribution is 2.33. The fourth-order valence-corrected chi connectivity index (χ4v) is 3.33. The molecule has 102 valence electrons. The van der Waals surface area contributed by atoms with Crippen molar-refractivity contribution in [2.45, 2.75) is 44.6 Å². The van der Waals surface area contributed by atoms with Gasteiger partial charge in [0.15, 0.2) is 0 Å². The maximum atomic E-state index is 11.8. The van der Waals surface area contributed by atoms with Gasteiger partial charge in [-0.1, -0.05) is 37.8 Å². The number of rotatable bonds is 3. The van der Waals surface area contributed by atoms with E-state index in [1.54, 1.807) is 0 Å². The van der Waals surface area contributed by atoms with Crippen molar-refractivity contribution in [1.29, 1.82) is 0 Å². The van der Waals surface area contributed by atoms with Gasteiger partial charge in [-0.05, 0) is 36.0 Å². The third-order valence-electron chi connectivity index (χ3n) is 4.47. The van der Waals surface area contributed by atoms with Crippen LogP contribution in [0.2, 0.25) is 0 Å². The van der Waals surface area contributed by atoms with Crippen LogP contribution in [-0.2, 0) is 6.42 Å². The molecule has 1 saturated carbocycles. The lowest BCUT2D eigenvalue weighted by Gasteiger charge is -2.20. The lowest BCUT2D eigenvalue weighted by Crippen LogP contribution is -2.31. The molecule has 3 rings (SSSR count). The zero-order valence-electron chi connectivity index (χ0n) is 11.2. The van der Waals surface area contributed by atoms with Crippen molar-refractivity contribution in [2.75, 3.05) is 6.54 Å². The summed E-state index contributed by atoms with van der Waals surface area (Å²) in [6.07, 6.45) is 6.36. The first-order valence-electron chi connectivity index (χ1n) is 7.33. The van der Waals surface area contributed by atoms with E-state index in [1.165, 1.54) is 25.7 Å². The normalized spacial score (nSPS) is 21.0. The van der Waals surface area contributed by atoms with Gasteiger partial charge in [0.05, 0.1) is 6.10 Å². The average molecular weight is 259 g/mol. The second kappa shape index (κ2) is 5.33. The van der Waals surface area contributed by atoms with Gasteiger partial charge in [0.2, 0.25) is 0 Å². The molecule has 1 heterocycles. The number of aliphatic hydroxyl groups is 1. The lowest BCUT2D eigenvalue weighted by molar-refractivity contribution is 0.0945. The van der Waals surface area contributed by atoms with Gasteiger partial charge < -0.3 is 10.4 Å². The van der Waals surface area contributed by atoms with E-state index >= 15 is 0 Å². The van der Waals surface area contributed by atoms with Crippen LogP contribution in [0.3, 0.4) is 0 Å². The van der Waals surface area contributed by atoms with Gasteiger partial charge >= 0.3 is 0 Å². The zero-order chi connectivity index (χ0) is 13.2. The van der Waals surface area contributed by atoms with Crippen LogP contribution >= 0.6 is 0 Å². The van der Waals surface area contributed by atoms with E-state index in [2.05, 4.69) is 5.32 Å². The maximum absolute atomic E-state index is 11.8. The van der Waals surface area contributed by atoms with E-state index < -0.39 is 6.10 Å². The molecule has 3 heteroatoms. The van der Waals surface area contributed by atoms with E-state index in [0.717, 1.165) is 36.1 Å². The Labute approximate surface area is 114 Å². The molecule has 1 aromatic rings. The number of aliphatic hydroxyl groups excluding tert-OH is 1. The van der Waals surface area contributed by atoms with Crippen LogP contribution in [0.1, 0.15) is 59.7 Å². The van der Waals surface area contributed by atoms with Crippen LogP contribution in [0.5, 0.6) is 0 Å². The third-order valence-corrected chi connectivity index (χ3v) is 4.47. The van der Waals surface area contributed by atoms with Crippen molar-refractivity contribution in [3.63, 3.8) is 0 Å². The molecular formula is C16H21NO2. The van der Waals surface area contributed by atoms with Crippen molar-refractivity contribution in [3.8, 4) is 0 Å². The number of benzene rings is 1. The van der Waals surface area contributed by atoms with Crippen LogP contribution in [0.4, 0.5) is 0 Å². The average Bonchev–Trinajstić information content (AvgIpc) is 2.92. The van der Waals surface area contributed by atoms with Gasteiger partial charge in [0, 0.05) is 12.1 Å². The summed E-state index contributed by atoms with van der Waals surface area (Å²) in [5, 5.41) is 13.2. The first-order chi connectivity index (χ1) is 9.24. The molecule has 3 nitrogen and oxygen atoms in total. The molecule has 2 aliphatic rings. The SMILES string of the molecule is O=C1NCCc2ccc(C(O)CC3CCCC3)cc21. The number of nitrogens with one attached hydrogen (secondary N) is 1. The molecule has 1 fully saturated rings. The topological polar surface area (TPSA) is 49.3 Å². The van der Waals surface area contributed by atoms with Crippen molar-refractivity contribution in [2.24, 2.45) is 5.92 Å². The predicted octanol–water partition coefficient (Wildman–Crippen LogP) is 2.59. The van der Waals surface area contributed by atoms with Crippen LogP contribution in [0, 0.1) is 5.92 Å². The number of carbonyl (C=O) groups excluding carboxylic acids is 1. The van der Waals surface area contributed by atoms with Gasteiger partial charge in [-0.25, -0.2) is 0 Å². The molecular weight excluding hydrogens is 238 g/mol. The Morgan fingerprint density at radius 1 is 1.32 bits per heavy atom. The minimum Gasteiger partial charge on any atom is -0.388 e. The molecule has 1 aromatic carbocycles. The molecule has 1 aliphatic carbocycles. The first-order valence-corrected chi connectivity index (χ1v) is 7.33. The Morgan fingerprint density at radius 2 is 2.11 bits per heavy atom. The Morgan fingerprint density at radius 3 is 2.89 bits per heavy atom.